The molecule has 0 aromatic heterocycles. The molecule has 0 unspecified atom stereocenters. The number of imide groups is 1. The second-order valence-corrected chi connectivity index (χ2v) is 11.0. The first-order chi connectivity index (χ1) is 20.4. The number of amides is 3. The normalized spacial score (nSPS) is 14.3. The second kappa shape index (κ2) is 13.7. The SMILES string of the molecule is CCOc1cc(/C=C2\SC(=O)N(CC(=O)Nc3cc(C(F)(F)F)ccc3OC)C2=O)cc(I)c1OCc1ccccc1F. The van der Waals surface area contributed by atoms with Crippen LogP contribution in [0.4, 0.5) is 28.0 Å². The highest BCUT2D eigenvalue weighted by Gasteiger charge is 2.37. The van der Waals surface area contributed by atoms with Gasteiger partial charge in [0.15, 0.2) is 11.5 Å². The summed E-state index contributed by atoms with van der Waals surface area (Å²) in [5, 5.41) is 1.55. The van der Waals surface area contributed by atoms with Crippen molar-refractivity contribution in [1.29, 1.82) is 0 Å². The highest BCUT2D eigenvalue weighted by Crippen LogP contribution is 2.38. The molecule has 1 fully saturated rings. The van der Waals surface area contributed by atoms with Gasteiger partial charge in [-0.3, -0.25) is 19.3 Å². The number of nitrogens with zero attached hydrogens (tertiary/aromatic N) is 1. The molecule has 3 aromatic rings. The average Bonchev–Trinajstić information content (AvgIpc) is 3.20. The zero-order valence-electron chi connectivity index (χ0n) is 22.6. The van der Waals surface area contributed by atoms with Crippen molar-refractivity contribution in [3.05, 3.63) is 85.6 Å². The van der Waals surface area contributed by atoms with Gasteiger partial charge in [-0.2, -0.15) is 13.2 Å². The molecule has 1 heterocycles. The van der Waals surface area contributed by atoms with Crippen LogP contribution in [0.15, 0.2) is 59.5 Å². The largest absolute Gasteiger partial charge is 0.495 e. The van der Waals surface area contributed by atoms with Gasteiger partial charge in [0, 0.05) is 5.56 Å². The molecule has 14 heteroatoms. The summed E-state index contributed by atoms with van der Waals surface area (Å²) < 4.78 is 70.7. The number of benzene rings is 3. The number of rotatable bonds is 10. The predicted octanol–water partition coefficient (Wildman–Crippen LogP) is 7.11. The predicted molar refractivity (Wildman–Crippen MR) is 160 cm³/mol. The van der Waals surface area contributed by atoms with Crippen molar-refractivity contribution in [2.24, 2.45) is 0 Å². The molecular formula is C29H23F4IN2O6S. The molecule has 226 valence electrons. The van der Waals surface area contributed by atoms with Gasteiger partial charge in [0.1, 0.15) is 24.7 Å². The molecule has 1 aliphatic rings. The lowest BCUT2D eigenvalue weighted by Crippen LogP contribution is -2.36. The Kier molecular flexibility index (Phi) is 10.2. The highest BCUT2D eigenvalue weighted by atomic mass is 127. The van der Waals surface area contributed by atoms with Crippen LogP contribution in [0, 0.1) is 9.39 Å². The Balaban J connectivity index is 1.50. The van der Waals surface area contributed by atoms with Crippen molar-refractivity contribution >= 4 is 63.2 Å². The monoisotopic (exact) mass is 730 g/mol. The summed E-state index contributed by atoms with van der Waals surface area (Å²) in [5.41, 5.74) is -0.425. The molecule has 0 radical (unpaired) electrons. The van der Waals surface area contributed by atoms with Crippen LogP contribution in [-0.4, -0.2) is 42.2 Å². The fourth-order valence-corrected chi connectivity index (χ4v) is 5.56. The van der Waals surface area contributed by atoms with Gasteiger partial charge in [-0.15, -0.1) is 0 Å². The number of halogens is 5. The molecule has 4 rings (SSSR count). The first-order valence-electron chi connectivity index (χ1n) is 12.5. The van der Waals surface area contributed by atoms with Crippen molar-refractivity contribution in [2.75, 3.05) is 25.6 Å². The van der Waals surface area contributed by atoms with Gasteiger partial charge >= 0.3 is 6.18 Å². The molecule has 3 aromatic carbocycles. The summed E-state index contributed by atoms with van der Waals surface area (Å²) in [7, 11) is 1.22. The molecule has 1 N–H and O–H groups in total. The minimum absolute atomic E-state index is 0.0210. The van der Waals surface area contributed by atoms with E-state index in [-0.39, 0.29) is 29.6 Å². The number of thioether (sulfide) groups is 1. The summed E-state index contributed by atoms with van der Waals surface area (Å²) in [5.74, 6) is -1.38. The van der Waals surface area contributed by atoms with Crippen LogP contribution in [0.3, 0.4) is 0 Å². The Labute approximate surface area is 261 Å². The number of methoxy groups -OCH3 is 1. The van der Waals surface area contributed by atoms with E-state index in [0.717, 1.165) is 12.1 Å². The van der Waals surface area contributed by atoms with E-state index in [0.29, 0.717) is 48.9 Å². The molecule has 0 atom stereocenters. The summed E-state index contributed by atoms with van der Waals surface area (Å²) in [6.45, 7) is 1.28. The van der Waals surface area contributed by atoms with E-state index < -0.39 is 41.2 Å². The van der Waals surface area contributed by atoms with Crippen molar-refractivity contribution in [3.63, 3.8) is 0 Å². The summed E-state index contributed by atoms with van der Waals surface area (Å²) in [6, 6.07) is 12.0. The van der Waals surface area contributed by atoms with E-state index in [9.17, 15) is 31.9 Å². The van der Waals surface area contributed by atoms with Crippen LogP contribution >= 0.6 is 34.4 Å². The topological polar surface area (TPSA) is 94.2 Å². The summed E-state index contributed by atoms with van der Waals surface area (Å²) in [4.78, 5) is 39.0. The first-order valence-corrected chi connectivity index (χ1v) is 14.4. The van der Waals surface area contributed by atoms with Gasteiger partial charge in [0.25, 0.3) is 11.1 Å². The standard InChI is InChI=1S/C29H23F4IN2O6S/c1-3-41-23-11-16(10-20(34)26(23)42-15-17-6-4-5-7-19(17)30)12-24-27(38)36(28(39)43-24)14-25(37)35-21-13-18(29(31,32)33)8-9-22(21)40-2/h4-13H,3,14-15H2,1-2H3,(H,35,37)/b24-12-. The van der Waals surface area contributed by atoms with E-state index in [1.165, 1.54) is 19.3 Å². The maximum Gasteiger partial charge on any atom is 0.416 e. The maximum absolute atomic E-state index is 14.1. The Morgan fingerprint density at radius 1 is 1.07 bits per heavy atom. The van der Waals surface area contributed by atoms with Crippen LogP contribution in [0.2, 0.25) is 0 Å². The minimum Gasteiger partial charge on any atom is -0.495 e. The third-order valence-corrected chi connectivity index (χ3v) is 7.64. The Morgan fingerprint density at radius 2 is 1.81 bits per heavy atom. The zero-order valence-corrected chi connectivity index (χ0v) is 25.6. The molecule has 0 spiro atoms. The van der Waals surface area contributed by atoms with Gasteiger partial charge in [-0.05, 0) is 89.3 Å². The van der Waals surface area contributed by atoms with Crippen LogP contribution in [0.5, 0.6) is 17.2 Å². The van der Waals surface area contributed by atoms with Gasteiger partial charge < -0.3 is 19.5 Å². The van der Waals surface area contributed by atoms with Crippen molar-refractivity contribution in [1.82, 2.24) is 4.90 Å². The van der Waals surface area contributed by atoms with Crippen molar-refractivity contribution in [3.8, 4) is 17.2 Å². The van der Waals surface area contributed by atoms with E-state index in [2.05, 4.69) is 5.32 Å². The Morgan fingerprint density at radius 3 is 2.49 bits per heavy atom. The second-order valence-electron chi connectivity index (χ2n) is 8.87. The maximum atomic E-state index is 14.1. The zero-order chi connectivity index (χ0) is 31.3. The third-order valence-electron chi connectivity index (χ3n) is 5.94. The fourth-order valence-electron chi connectivity index (χ4n) is 3.94. The van der Waals surface area contributed by atoms with Crippen LogP contribution < -0.4 is 19.5 Å². The fraction of sp³-hybridized carbons (Fsp3) is 0.207. The number of carbonyl (C=O) groups excluding carboxylic acids is 3. The Hall–Kier alpha value is -3.79. The van der Waals surface area contributed by atoms with Crippen LogP contribution in [0.1, 0.15) is 23.6 Å². The third kappa shape index (κ3) is 7.79. The molecule has 1 aliphatic heterocycles. The van der Waals surface area contributed by atoms with Crippen LogP contribution in [-0.2, 0) is 22.4 Å². The minimum atomic E-state index is -4.66. The van der Waals surface area contributed by atoms with E-state index >= 15 is 0 Å². The lowest BCUT2D eigenvalue weighted by molar-refractivity contribution is -0.137. The number of alkyl halides is 3. The van der Waals surface area contributed by atoms with Crippen molar-refractivity contribution in [2.45, 2.75) is 19.7 Å². The van der Waals surface area contributed by atoms with Gasteiger partial charge in [0.2, 0.25) is 5.91 Å². The molecule has 8 nitrogen and oxygen atoms in total. The van der Waals surface area contributed by atoms with E-state index in [1.807, 2.05) is 22.6 Å². The molecular weight excluding hydrogens is 707 g/mol. The number of nitrogens with one attached hydrogen (secondary N) is 1. The van der Waals surface area contributed by atoms with Gasteiger partial charge in [0.05, 0.1) is 33.4 Å². The lowest BCUT2D eigenvalue weighted by atomic mass is 10.1. The Bertz CT molecular complexity index is 1600. The molecule has 3 amide bonds. The quantitative estimate of drug-likeness (QED) is 0.135. The van der Waals surface area contributed by atoms with Gasteiger partial charge in [-0.1, -0.05) is 18.2 Å². The highest BCUT2D eigenvalue weighted by molar-refractivity contribution is 14.1. The molecule has 0 saturated carbocycles. The van der Waals surface area contributed by atoms with Gasteiger partial charge in [-0.25, -0.2) is 4.39 Å². The molecule has 1 saturated heterocycles. The number of hydrogen-bond acceptors (Lipinski definition) is 7. The summed E-state index contributed by atoms with van der Waals surface area (Å²) >= 11 is 2.62. The van der Waals surface area contributed by atoms with Crippen LogP contribution in [0.25, 0.3) is 6.08 Å². The molecule has 0 bridgehead atoms. The molecule has 43 heavy (non-hydrogen) atoms. The number of ether oxygens (including phenoxy) is 3. The average molecular weight is 730 g/mol. The van der Waals surface area contributed by atoms with E-state index in [1.54, 1.807) is 37.3 Å². The number of hydrogen-bond donors (Lipinski definition) is 1. The number of anilines is 1. The van der Waals surface area contributed by atoms with Crippen molar-refractivity contribution < 1.29 is 46.2 Å². The lowest BCUT2D eigenvalue weighted by Gasteiger charge is -2.16. The van der Waals surface area contributed by atoms with E-state index in [4.69, 9.17) is 14.2 Å². The first kappa shape index (κ1) is 32.1. The number of carbonyl (C=O) groups is 3. The smallest absolute Gasteiger partial charge is 0.416 e. The summed E-state index contributed by atoms with van der Waals surface area (Å²) in [6.07, 6.45) is -3.21. The molecule has 0 aliphatic carbocycles.